The maximum Gasteiger partial charge on any atom is 0.337 e. The highest BCUT2D eigenvalue weighted by molar-refractivity contribution is 7.92. The summed E-state index contributed by atoms with van der Waals surface area (Å²) in [4.78, 5) is 39.0. The fourth-order valence-electron chi connectivity index (χ4n) is 5.29. The van der Waals surface area contributed by atoms with E-state index in [4.69, 9.17) is 25.8 Å². The number of benzene rings is 2. The quantitative estimate of drug-likeness (QED) is 0.0845. The largest absolute Gasteiger partial charge is 0.473 e. The topological polar surface area (TPSA) is 137 Å². The number of halogens is 1. The number of carbonyl (C=O) groups is 3. The van der Waals surface area contributed by atoms with E-state index in [1.807, 2.05) is 0 Å². The predicted octanol–water partition coefficient (Wildman–Crippen LogP) is 7.31. The van der Waals surface area contributed by atoms with Crippen molar-refractivity contribution >= 4 is 50.7 Å². The molecule has 2 N–H and O–H groups in total. The van der Waals surface area contributed by atoms with Crippen molar-refractivity contribution in [3.05, 3.63) is 53.1 Å². The van der Waals surface area contributed by atoms with Crippen molar-refractivity contribution in [2.75, 3.05) is 29.5 Å². The van der Waals surface area contributed by atoms with Crippen LogP contribution in [-0.2, 0) is 29.1 Å². The van der Waals surface area contributed by atoms with E-state index in [-0.39, 0.29) is 33.5 Å². The van der Waals surface area contributed by atoms with Crippen LogP contribution >= 0.6 is 11.6 Å². The fraction of sp³-hybridized carbons (Fsp3) is 0.559. The van der Waals surface area contributed by atoms with Gasteiger partial charge in [0, 0.05) is 6.61 Å². The number of amides is 1. The molecule has 2 unspecified atom stereocenters. The van der Waals surface area contributed by atoms with Gasteiger partial charge in [0.25, 0.3) is 5.91 Å². The Hall–Kier alpha value is -3.15. The fourth-order valence-corrected chi connectivity index (χ4v) is 6.63. The number of rotatable bonds is 20. The van der Waals surface area contributed by atoms with Crippen molar-refractivity contribution in [2.45, 2.75) is 103 Å². The molecule has 2 aromatic carbocycles. The molecule has 1 saturated heterocycles. The molecule has 2 atom stereocenters. The molecule has 1 fully saturated rings. The molecule has 10 nitrogen and oxygen atoms in total. The number of esters is 1. The molecule has 1 heterocycles. The normalized spacial score (nSPS) is 16.9. The van der Waals surface area contributed by atoms with Gasteiger partial charge in [0.05, 0.1) is 34.8 Å². The van der Waals surface area contributed by atoms with Crippen LogP contribution in [-0.4, -0.2) is 57.3 Å². The Kier molecular flexibility index (Phi) is 14.8. The van der Waals surface area contributed by atoms with Gasteiger partial charge in [-0.1, -0.05) is 76.3 Å². The molecule has 1 amide bonds. The molecule has 3 rings (SSSR count). The number of sulfonamides is 1. The van der Waals surface area contributed by atoms with E-state index in [0.29, 0.717) is 25.9 Å². The van der Waals surface area contributed by atoms with E-state index in [0.717, 1.165) is 19.3 Å². The molecule has 1 aliphatic heterocycles. The minimum absolute atomic E-state index is 0.0222. The lowest BCUT2D eigenvalue weighted by Crippen LogP contribution is -2.50. The van der Waals surface area contributed by atoms with E-state index in [9.17, 15) is 22.8 Å². The lowest BCUT2D eigenvalue weighted by Gasteiger charge is -2.27. The van der Waals surface area contributed by atoms with Crippen molar-refractivity contribution < 1.29 is 37.0 Å². The van der Waals surface area contributed by atoms with Crippen molar-refractivity contribution in [3.63, 3.8) is 0 Å². The molecule has 0 aromatic heterocycles. The molecule has 2 aromatic rings. The van der Waals surface area contributed by atoms with Crippen LogP contribution in [0.4, 0.5) is 11.4 Å². The number of nitrogens with one attached hydrogen (secondary N) is 2. The van der Waals surface area contributed by atoms with Crippen LogP contribution in [0.1, 0.15) is 101 Å². The highest BCUT2D eigenvalue weighted by Crippen LogP contribution is 2.31. The first kappa shape index (κ1) is 37.3. The Labute approximate surface area is 278 Å². The summed E-state index contributed by atoms with van der Waals surface area (Å²) >= 11 is 6.36. The highest BCUT2D eigenvalue weighted by Gasteiger charge is 2.45. The van der Waals surface area contributed by atoms with Gasteiger partial charge >= 0.3 is 5.97 Å². The number of ether oxygens (including phenoxy) is 3. The van der Waals surface area contributed by atoms with Gasteiger partial charge in [-0.05, 0) is 68.7 Å². The number of hydrogen-bond donors (Lipinski definition) is 2. The van der Waals surface area contributed by atoms with Crippen LogP contribution < -0.4 is 14.8 Å². The maximum atomic E-state index is 13.6. The number of methoxy groups -OCH3 is 1. The molecule has 0 aliphatic carbocycles. The van der Waals surface area contributed by atoms with Crippen molar-refractivity contribution in [1.29, 1.82) is 0 Å². The summed E-state index contributed by atoms with van der Waals surface area (Å²) in [5, 5.41) is 2.77. The SMILES string of the molecule is CCCCCCCCCCCCS(=O)(=O)Nc1ccc(Cl)c(NC(=O)C(Oc2ccc(C(=O)OC)cc2)C(=O)C2(C)CCCO2)c1. The molecule has 0 bridgehead atoms. The zero-order chi connectivity index (χ0) is 33.6. The summed E-state index contributed by atoms with van der Waals surface area (Å²) in [5.74, 6) is -1.79. The first-order valence-electron chi connectivity index (χ1n) is 16.1. The molecule has 46 heavy (non-hydrogen) atoms. The van der Waals surface area contributed by atoms with Gasteiger partial charge in [-0.15, -0.1) is 0 Å². The summed E-state index contributed by atoms with van der Waals surface area (Å²) in [6, 6.07) is 10.2. The van der Waals surface area contributed by atoms with Gasteiger partial charge in [0.15, 0.2) is 0 Å². The number of carbonyl (C=O) groups excluding carboxylic acids is 3. The van der Waals surface area contributed by atoms with Gasteiger partial charge < -0.3 is 19.5 Å². The summed E-state index contributed by atoms with van der Waals surface area (Å²) < 4.78 is 44.4. The number of unbranched alkanes of at least 4 members (excludes halogenated alkanes) is 9. The van der Waals surface area contributed by atoms with Gasteiger partial charge in [0.2, 0.25) is 21.9 Å². The number of ketones is 1. The van der Waals surface area contributed by atoms with E-state index in [1.165, 1.54) is 88.1 Å². The first-order valence-corrected chi connectivity index (χ1v) is 18.2. The molecule has 0 radical (unpaired) electrons. The highest BCUT2D eigenvalue weighted by atomic mass is 35.5. The summed E-state index contributed by atoms with van der Waals surface area (Å²) in [6.07, 6.45) is 10.4. The zero-order valence-electron chi connectivity index (χ0n) is 27.1. The lowest BCUT2D eigenvalue weighted by molar-refractivity contribution is -0.149. The van der Waals surface area contributed by atoms with Gasteiger partial charge in [-0.3, -0.25) is 14.3 Å². The Morgan fingerprint density at radius 2 is 1.59 bits per heavy atom. The van der Waals surface area contributed by atoms with Crippen molar-refractivity contribution in [2.24, 2.45) is 0 Å². The summed E-state index contributed by atoms with van der Waals surface area (Å²) in [6.45, 7) is 4.19. The average molecular weight is 679 g/mol. The van der Waals surface area contributed by atoms with Crippen LogP contribution in [0.2, 0.25) is 5.02 Å². The minimum atomic E-state index is -3.64. The predicted molar refractivity (Wildman–Crippen MR) is 180 cm³/mol. The second-order valence-electron chi connectivity index (χ2n) is 11.8. The number of anilines is 2. The number of hydrogen-bond acceptors (Lipinski definition) is 8. The smallest absolute Gasteiger partial charge is 0.337 e. The standard InChI is InChI=1S/C34H47ClN2O8S/c1-4-5-6-7-8-9-10-11-12-13-23-46(41,42)37-26-17-20-28(35)29(24-26)36-32(39)30(31(38)34(2)21-14-22-44-34)45-27-18-15-25(16-19-27)33(40)43-3/h15-20,24,30,37H,4-14,21-23H2,1-3H3,(H,36,39). The van der Waals surface area contributed by atoms with Crippen molar-refractivity contribution in [1.82, 2.24) is 0 Å². The Balaban J connectivity index is 1.63. The third kappa shape index (κ3) is 11.6. The maximum absolute atomic E-state index is 13.6. The summed E-state index contributed by atoms with van der Waals surface area (Å²) in [5.41, 5.74) is -0.637. The average Bonchev–Trinajstić information content (AvgIpc) is 3.49. The van der Waals surface area contributed by atoms with Gasteiger partial charge in [-0.2, -0.15) is 0 Å². The molecular formula is C34H47ClN2O8S. The first-order chi connectivity index (χ1) is 22.0. The van der Waals surface area contributed by atoms with Crippen LogP contribution in [0.5, 0.6) is 5.75 Å². The van der Waals surface area contributed by atoms with E-state index < -0.39 is 39.4 Å². The monoisotopic (exact) mass is 678 g/mol. The van der Waals surface area contributed by atoms with Crippen LogP contribution in [0.25, 0.3) is 0 Å². The van der Waals surface area contributed by atoms with Crippen LogP contribution in [0, 0.1) is 0 Å². The Morgan fingerprint density at radius 1 is 0.957 bits per heavy atom. The molecule has 254 valence electrons. The van der Waals surface area contributed by atoms with Gasteiger partial charge in [0.1, 0.15) is 11.4 Å². The van der Waals surface area contributed by atoms with Crippen LogP contribution in [0.3, 0.4) is 0 Å². The van der Waals surface area contributed by atoms with E-state index in [2.05, 4.69) is 17.0 Å². The third-order valence-electron chi connectivity index (χ3n) is 8.01. The third-order valence-corrected chi connectivity index (χ3v) is 9.71. The molecule has 0 saturated carbocycles. The second kappa shape index (κ2) is 18.3. The zero-order valence-corrected chi connectivity index (χ0v) is 28.6. The van der Waals surface area contributed by atoms with Gasteiger partial charge in [-0.25, -0.2) is 13.2 Å². The molecule has 0 spiro atoms. The number of Topliss-reactive ketones (excluding diaryl/α,β-unsaturated/α-hetero) is 1. The molecular weight excluding hydrogens is 632 g/mol. The Morgan fingerprint density at radius 3 is 2.17 bits per heavy atom. The van der Waals surface area contributed by atoms with Crippen LogP contribution in [0.15, 0.2) is 42.5 Å². The van der Waals surface area contributed by atoms with E-state index in [1.54, 1.807) is 6.92 Å². The van der Waals surface area contributed by atoms with E-state index >= 15 is 0 Å². The lowest BCUT2D eigenvalue weighted by atomic mass is 9.93. The molecule has 1 aliphatic rings. The summed E-state index contributed by atoms with van der Waals surface area (Å²) in [7, 11) is -2.37. The van der Waals surface area contributed by atoms with Crippen molar-refractivity contribution in [3.8, 4) is 5.75 Å². The minimum Gasteiger partial charge on any atom is -0.473 e. The second-order valence-corrected chi connectivity index (χ2v) is 14.1. The Bertz CT molecular complexity index is 1410. The molecule has 12 heteroatoms.